The maximum atomic E-state index is 3.57. The van der Waals surface area contributed by atoms with E-state index < -0.39 is 0 Å². The highest BCUT2D eigenvalue weighted by Crippen LogP contribution is 2.31. The molecule has 2 aliphatic rings. The number of likely N-dealkylation sites (tertiary alicyclic amines) is 1. The summed E-state index contributed by atoms with van der Waals surface area (Å²) >= 11 is 2.09. The first-order valence-corrected chi connectivity index (χ1v) is 4.80. The molecular weight excluding hydrogens is 144 g/mol. The third kappa shape index (κ3) is 1.06. The van der Waals surface area contributed by atoms with Gasteiger partial charge >= 0.3 is 0 Å². The van der Waals surface area contributed by atoms with Crippen molar-refractivity contribution in [3.05, 3.63) is 0 Å². The van der Waals surface area contributed by atoms with Gasteiger partial charge in [0.2, 0.25) is 0 Å². The van der Waals surface area contributed by atoms with E-state index in [1.165, 1.54) is 13.1 Å². The first-order valence-electron chi connectivity index (χ1n) is 3.86. The van der Waals surface area contributed by atoms with E-state index in [1.54, 1.807) is 0 Å². The number of nitrogens with one attached hydrogen (secondary N) is 1. The SMILES string of the molecule is CC1NC2CN(C)CC2S1. The molecule has 0 saturated carbocycles. The van der Waals surface area contributed by atoms with Crippen molar-refractivity contribution in [3.8, 4) is 0 Å². The molecule has 2 fully saturated rings. The lowest BCUT2D eigenvalue weighted by Gasteiger charge is -2.10. The molecule has 1 N–H and O–H groups in total. The third-order valence-corrected chi connectivity index (χ3v) is 3.65. The van der Waals surface area contributed by atoms with Crippen molar-refractivity contribution in [1.82, 2.24) is 10.2 Å². The molecule has 58 valence electrons. The van der Waals surface area contributed by atoms with Crippen molar-refractivity contribution in [2.75, 3.05) is 20.1 Å². The molecule has 0 aliphatic carbocycles. The molecule has 0 bridgehead atoms. The Hall–Kier alpha value is 0.270. The molecule has 0 aromatic heterocycles. The molecule has 2 saturated heterocycles. The van der Waals surface area contributed by atoms with Crippen LogP contribution in [0.5, 0.6) is 0 Å². The van der Waals surface area contributed by atoms with Gasteiger partial charge in [0.05, 0.1) is 5.37 Å². The van der Waals surface area contributed by atoms with E-state index in [-0.39, 0.29) is 0 Å². The number of likely N-dealkylation sites (N-methyl/N-ethyl adjacent to an activating group) is 1. The lowest BCUT2D eigenvalue weighted by atomic mass is 10.2. The summed E-state index contributed by atoms with van der Waals surface area (Å²) in [5.41, 5.74) is 0. The lowest BCUT2D eigenvalue weighted by molar-refractivity contribution is 0.397. The van der Waals surface area contributed by atoms with Gasteiger partial charge in [-0.3, -0.25) is 0 Å². The number of thioether (sulfide) groups is 1. The van der Waals surface area contributed by atoms with Crippen molar-refractivity contribution in [3.63, 3.8) is 0 Å². The zero-order chi connectivity index (χ0) is 7.14. The van der Waals surface area contributed by atoms with Crippen LogP contribution < -0.4 is 5.32 Å². The van der Waals surface area contributed by atoms with E-state index in [1.807, 2.05) is 0 Å². The summed E-state index contributed by atoms with van der Waals surface area (Å²) in [5, 5.41) is 5.11. The molecule has 2 rings (SSSR count). The zero-order valence-corrected chi connectivity index (χ0v) is 7.32. The monoisotopic (exact) mass is 158 g/mol. The molecule has 2 heterocycles. The predicted molar refractivity (Wildman–Crippen MR) is 45.3 cm³/mol. The van der Waals surface area contributed by atoms with Crippen LogP contribution in [0.1, 0.15) is 6.92 Å². The maximum absolute atomic E-state index is 3.57. The van der Waals surface area contributed by atoms with Gasteiger partial charge in [0.25, 0.3) is 0 Å². The van der Waals surface area contributed by atoms with Crippen LogP contribution in [0.2, 0.25) is 0 Å². The standard InChI is InChI=1S/C7H14N2S/c1-5-8-6-3-9(2)4-7(6)10-5/h5-8H,3-4H2,1-2H3. The second kappa shape index (κ2) is 2.40. The molecule has 2 nitrogen and oxygen atoms in total. The van der Waals surface area contributed by atoms with Gasteiger partial charge in [-0.1, -0.05) is 0 Å². The molecule has 2 aliphatic heterocycles. The molecule has 3 unspecified atom stereocenters. The van der Waals surface area contributed by atoms with Gasteiger partial charge in [0, 0.05) is 24.4 Å². The van der Waals surface area contributed by atoms with E-state index >= 15 is 0 Å². The van der Waals surface area contributed by atoms with Crippen molar-refractivity contribution in [1.29, 1.82) is 0 Å². The number of nitrogens with zero attached hydrogens (tertiary/aromatic N) is 1. The first-order chi connectivity index (χ1) is 4.75. The largest absolute Gasteiger partial charge is 0.304 e. The molecule has 3 heteroatoms. The van der Waals surface area contributed by atoms with Gasteiger partial charge < -0.3 is 10.2 Å². The Morgan fingerprint density at radius 2 is 2.30 bits per heavy atom. The number of hydrogen-bond donors (Lipinski definition) is 1. The Kier molecular flexibility index (Phi) is 1.66. The normalized spacial score (nSPS) is 48.0. The Labute approximate surface area is 66.4 Å². The first kappa shape index (κ1) is 6.95. The Balaban J connectivity index is 2.00. The smallest absolute Gasteiger partial charge is 0.0510 e. The van der Waals surface area contributed by atoms with E-state index in [2.05, 4.69) is 35.9 Å². The molecule has 0 amide bonds. The highest BCUT2D eigenvalue weighted by atomic mass is 32.2. The fourth-order valence-electron chi connectivity index (χ4n) is 1.86. The Bertz CT molecular complexity index is 112. The van der Waals surface area contributed by atoms with Crippen molar-refractivity contribution >= 4 is 11.8 Å². The third-order valence-electron chi connectivity index (χ3n) is 2.28. The van der Waals surface area contributed by atoms with Gasteiger partial charge in [-0.15, -0.1) is 11.8 Å². The van der Waals surface area contributed by atoms with E-state index in [9.17, 15) is 0 Å². The van der Waals surface area contributed by atoms with Gasteiger partial charge in [-0.05, 0) is 14.0 Å². The van der Waals surface area contributed by atoms with E-state index in [4.69, 9.17) is 0 Å². The van der Waals surface area contributed by atoms with Crippen LogP contribution in [-0.4, -0.2) is 41.7 Å². The summed E-state index contributed by atoms with van der Waals surface area (Å²) in [5.74, 6) is 0. The second-order valence-corrected chi connectivity index (χ2v) is 4.90. The maximum Gasteiger partial charge on any atom is 0.0510 e. The highest BCUT2D eigenvalue weighted by Gasteiger charge is 2.37. The van der Waals surface area contributed by atoms with Crippen molar-refractivity contribution in [2.24, 2.45) is 0 Å². The average molecular weight is 158 g/mol. The van der Waals surface area contributed by atoms with E-state index in [0.717, 1.165) is 11.3 Å². The molecule has 0 radical (unpaired) electrons. The molecule has 0 aromatic carbocycles. The summed E-state index contributed by atoms with van der Waals surface area (Å²) in [6.45, 7) is 4.76. The average Bonchev–Trinajstić information content (AvgIpc) is 2.21. The van der Waals surface area contributed by atoms with Crippen LogP contribution in [0.3, 0.4) is 0 Å². The summed E-state index contributed by atoms with van der Waals surface area (Å²) in [7, 11) is 2.20. The summed E-state index contributed by atoms with van der Waals surface area (Å²) in [6.07, 6.45) is 0. The number of hydrogen-bond acceptors (Lipinski definition) is 3. The molecular formula is C7H14N2S. The lowest BCUT2D eigenvalue weighted by Crippen LogP contribution is -2.33. The molecule has 3 atom stereocenters. The quantitative estimate of drug-likeness (QED) is 0.548. The van der Waals surface area contributed by atoms with Crippen LogP contribution in [0, 0.1) is 0 Å². The second-order valence-electron chi connectivity index (χ2n) is 3.31. The molecule has 0 spiro atoms. The fraction of sp³-hybridized carbons (Fsp3) is 1.00. The molecule has 0 aromatic rings. The predicted octanol–water partition coefficient (Wildman–Crippen LogP) is 0.351. The van der Waals surface area contributed by atoms with Crippen LogP contribution >= 0.6 is 11.8 Å². The van der Waals surface area contributed by atoms with Crippen LogP contribution in [0.4, 0.5) is 0 Å². The molecule has 10 heavy (non-hydrogen) atoms. The van der Waals surface area contributed by atoms with Gasteiger partial charge in [0.15, 0.2) is 0 Å². The minimum absolute atomic E-state index is 0.684. The zero-order valence-electron chi connectivity index (χ0n) is 6.50. The van der Waals surface area contributed by atoms with Gasteiger partial charge in [-0.25, -0.2) is 0 Å². The highest BCUT2D eigenvalue weighted by molar-refractivity contribution is 8.00. The minimum Gasteiger partial charge on any atom is -0.304 e. The Morgan fingerprint density at radius 1 is 1.50 bits per heavy atom. The van der Waals surface area contributed by atoms with Crippen LogP contribution in [0.25, 0.3) is 0 Å². The van der Waals surface area contributed by atoms with E-state index in [0.29, 0.717) is 5.37 Å². The minimum atomic E-state index is 0.684. The van der Waals surface area contributed by atoms with Gasteiger partial charge in [-0.2, -0.15) is 0 Å². The van der Waals surface area contributed by atoms with Crippen molar-refractivity contribution in [2.45, 2.75) is 23.6 Å². The topological polar surface area (TPSA) is 15.3 Å². The summed E-state index contributed by atoms with van der Waals surface area (Å²) < 4.78 is 0. The summed E-state index contributed by atoms with van der Waals surface area (Å²) in [6, 6.07) is 0.769. The Morgan fingerprint density at radius 3 is 3.00 bits per heavy atom. The van der Waals surface area contributed by atoms with Crippen molar-refractivity contribution < 1.29 is 0 Å². The number of fused-ring (bicyclic) bond motifs is 1. The number of rotatable bonds is 0. The summed E-state index contributed by atoms with van der Waals surface area (Å²) in [4.78, 5) is 2.40. The van der Waals surface area contributed by atoms with Crippen LogP contribution in [0.15, 0.2) is 0 Å². The fourth-order valence-corrected chi connectivity index (χ4v) is 3.34. The van der Waals surface area contributed by atoms with Gasteiger partial charge in [0.1, 0.15) is 0 Å². The van der Waals surface area contributed by atoms with Crippen LogP contribution in [-0.2, 0) is 0 Å².